The predicted octanol–water partition coefficient (Wildman–Crippen LogP) is 2.61. The van der Waals surface area contributed by atoms with Gasteiger partial charge in [-0.1, -0.05) is 29.8 Å². The van der Waals surface area contributed by atoms with Crippen LogP contribution in [-0.4, -0.2) is 23.1 Å². The fourth-order valence-corrected chi connectivity index (χ4v) is 2.70. The van der Waals surface area contributed by atoms with Crippen molar-refractivity contribution in [2.45, 2.75) is 45.2 Å². The zero-order chi connectivity index (χ0) is 15.4. The number of benzene rings is 1. The van der Waals surface area contributed by atoms with Gasteiger partial charge >= 0.3 is 12.0 Å². The highest BCUT2D eigenvalue weighted by molar-refractivity contribution is 5.75. The van der Waals surface area contributed by atoms with Crippen LogP contribution in [0.2, 0.25) is 0 Å². The largest absolute Gasteiger partial charge is 0.481 e. The maximum atomic E-state index is 12.0. The molecule has 1 aromatic rings. The summed E-state index contributed by atoms with van der Waals surface area (Å²) in [5, 5.41) is 14.7. The van der Waals surface area contributed by atoms with Gasteiger partial charge in [0.2, 0.25) is 0 Å². The topological polar surface area (TPSA) is 78.4 Å². The van der Waals surface area contributed by atoms with Gasteiger partial charge in [0, 0.05) is 6.04 Å². The van der Waals surface area contributed by atoms with Crippen molar-refractivity contribution in [3.05, 3.63) is 35.4 Å². The van der Waals surface area contributed by atoms with Crippen molar-refractivity contribution in [3.63, 3.8) is 0 Å². The van der Waals surface area contributed by atoms with Gasteiger partial charge in [-0.05, 0) is 38.7 Å². The predicted molar refractivity (Wildman–Crippen MR) is 80.0 cm³/mol. The third kappa shape index (κ3) is 4.21. The Morgan fingerprint density at radius 3 is 2.48 bits per heavy atom. The zero-order valence-electron chi connectivity index (χ0n) is 12.4. The molecule has 2 rings (SSSR count). The number of carboxylic acids is 1. The van der Waals surface area contributed by atoms with Crippen LogP contribution in [0.4, 0.5) is 4.79 Å². The van der Waals surface area contributed by atoms with Crippen molar-refractivity contribution in [1.82, 2.24) is 10.6 Å². The Morgan fingerprint density at radius 2 is 1.90 bits per heavy atom. The van der Waals surface area contributed by atoms with E-state index in [1.807, 2.05) is 38.1 Å². The van der Waals surface area contributed by atoms with E-state index in [4.69, 9.17) is 5.11 Å². The van der Waals surface area contributed by atoms with Gasteiger partial charge < -0.3 is 15.7 Å². The van der Waals surface area contributed by atoms with Gasteiger partial charge in [-0.15, -0.1) is 0 Å². The molecule has 5 heteroatoms. The van der Waals surface area contributed by atoms with Crippen LogP contribution in [0.5, 0.6) is 0 Å². The second-order valence-electron chi connectivity index (χ2n) is 5.80. The van der Waals surface area contributed by atoms with Gasteiger partial charge in [-0.3, -0.25) is 4.79 Å². The summed E-state index contributed by atoms with van der Waals surface area (Å²) in [6.07, 6.45) is 1.87. The third-order valence-electron chi connectivity index (χ3n) is 4.04. The smallest absolute Gasteiger partial charge is 0.315 e. The minimum atomic E-state index is -0.771. The molecule has 1 aromatic carbocycles. The molecule has 0 spiro atoms. The van der Waals surface area contributed by atoms with Crippen LogP contribution in [0.25, 0.3) is 0 Å². The minimum absolute atomic E-state index is 0.0451. The summed E-state index contributed by atoms with van der Waals surface area (Å²) in [5.41, 5.74) is 2.23. The lowest BCUT2D eigenvalue weighted by atomic mass is 10.1. The van der Waals surface area contributed by atoms with E-state index in [9.17, 15) is 9.59 Å². The Hall–Kier alpha value is -2.04. The van der Waals surface area contributed by atoms with Gasteiger partial charge in [0.15, 0.2) is 0 Å². The van der Waals surface area contributed by atoms with E-state index < -0.39 is 5.97 Å². The number of aliphatic carboxylic acids is 1. The van der Waals surface area contributed by atoms with Gasteiger partial charge in [-0.2, -0.15) is 0 Å². The second-order valence-corrected chi connectivity index (χ2v) is 5.80. The standard InChI is InChI=1S/C16H22N2O3/c1-10-3-5-12(6-4-10)11(2)17-16(21)18-14-8-7-13(9-14)15(19)20/h3-6,11,13-14H,7-9H2,1-2H3,(H,19,20)(H2,17,18,21). The van der Waals surface area contributed by atoms with E-state index in [0.717, 1.165) is 12.0 Å². The minimum Gasteiger partial charge on any atom is -0.481 e. The fourth-order valence-electron chi connectivity index (χ4n) is 2.70. The average molecular weight is 290 g/mol. The average Bonchev–Trinajstić information content (AvgIpc) is 2.87. The number of hydrogen-bond donors (Lipinski definition) is 3. The number of rotatable bonds is 4. The van der Waals surface area contributed by atoms with Crippen LogP contribution >= 0.6 is 0 Å². The summed E-state index contributed by atoms with van der Waals surface area (Å²) in [6.45, 7) is 3.95. The molecule has 114 valence electrons. The summed E-state index contributed by atoms with van der Waals surface area (Å²) in [4.78, 5) is 22.9. The molecule has 1 aliphatic carbocycles. The molecular weight excluding hydrogens is 268 g/mol. The highest BCUT2D eigenvalue weighted by Gasteiger charge is 2.30. The van der Waals surface area contributed by atoms with Crippen molar-refractivity contribution in [2.75, 3.05) is 0 Å². The van der Waals surface area contributed by atoms with E-state index >= 15 is 0 Å². The van der Waals surface area contributed by atoms with Crippen LogP contribution < -0.4 is 10.6 Å². The number of amides is 2. The van der Waals surface area contributed by atoms with Gasteiger partial charge in [0.05, 0.1) is 12.0 Å². The molecule has 2 amide bonds. The summed E-state index contributed by atoms with van der Waals surface area (Å²) in [5.74, 6) is -1.10. The maximum absolute atomic E-state index is 12.0. The Labute approximate surface area is 124 Å². The Kier molecular flexibility index (Phi) is 4.83. The third-order valence-corrected chi connectivity index (χ3v) is 4.04. The van der Waals surface area contributed by atoms with E-state index in [1.165, 1.54) is 5.56 Å². The fraction of sp³-hybridized carbons (Fsp3) is 0.500. The summed E-state index contributed by atoms with van der Waals surface area (Å²) >= 11 is 0. The van der Waals surface area contributed by atoms with Crippen molar-refractivity contribution in [1.29, 1.82) is 0 Å². The summed E-state index contributed by atoms with van der Waals surface area (Å²) in [6, 6.07) is 7.66. The lowest BCUT2D eigenvalue weighted by molar-refractivity contribution is -0.141. The van der Waals surface area contributed by atoms with Crippen molar-refractivity contribution in [3.8, 4) is 0 Å². The molecule has 1 fully saturated rings. The first kappa shape index (κ1) is 15.4. The van der Waals surface area contributed by atoms with Crippen molar-refractivity contribution >= 4 is 12.0 Å². The summed E-state index contributed by atoms with van der Waals surface area (Å²) < 4.78 is 0. The number of carboxylic acid groups (broad SMARTS) is 1. The molecule has 0 radical (unpaired) electrons. The summed E-state index contributed by atoms with van der Waals surface area (Å²) in [7, 11) is 0. The van der Waals surface area contributed by atoms with Gasteiger partial charge in [-0.25, -0.2) is 4.79 Å². The zero-order valence-corrected chi connectivity index (χ0v) is 12.4. The molecule has 3 N–H and O–H groups in total. The quantitative estimate of drug-likeness (QED) is 0.797. The van der Waals surface area contributed by atoms with E-state index in [0.29, 0.717) is 12.8 Å². The molecule has 1 aliphatic rings. The lowest BCUT2D eigenvalue weighted by Gasteiger charge is -2.18. The van der Waals surface area contributed by atoms with Crippen molar-refractivity contribution in [2.24, 2.45) is 5.92 Å². The molecule has 1 saturated carbocycles. The highest BCUT2D eigenvalue weighted by atomic mass is 16.4. The monoisotopic (exact) mass is 290 g/mol. The van der Waals surface area contributed by atoms with E-state index in [1.54, 1.807) is 0 Å². The molecule has 0 aliphatic heterocycles. The Bertz CT molecular complexity index is 513. The number of carbonyl (C=O) groups is 2. The highest BCUT2D eigenvalue weighted by Crippen LogP contribution is 2.25. The maximum Gasteiger partial charge on any atom is 0.315 e. The van der Waals surface area contributed by atoms with E-state index in [-0.39, 0.29) is 24.0 Å². The molecule has 21 heavy (non-hydrogen) atoms. The Morgan fingerprint density at radius 1 is 1.24 bits per heavy atom. The molecule has 0 heterocycles. The normalized spacial score (nSPS) is 22.6. The number of carbonyl (C=O) groups excluding carboxylic acids is 1. The van der Waals surface area contributed by atoms with Crippen LogP contribution in [0, 0.1) is 12.8 Å². The molecule has 3 atom stereocenters. The number of hydrogen-bond acceptors (Lipinski definition) is 2. The number of urea groups is 1. The second kappa shape index (κ2) is 6.61. The van der Waals surface area contributed by atoms with Crippen LogP contribution in [0.1, 0.15) is 43.4 Å². The Balaban J connectivity index is 1.82. The molecule has 0 bridgehead atoms. The first-order valence-corrected chi connectivity index (χ1v) is 7.32. The first-order chi connectivity index (χ1) is 9.95. The van der Waals surface area contributed by atoms with Crippen molar-refractivity contribution < 1.29 is 14.7 Å². The molecule has 3 unspecified atom stereocenters. The molecule has 5 nitrogen and oxygen atoms in total. The first-order valence-electron chi connectivity index (χ1n) is 7.32. The number of aryl methyl sites for hydroxylation is 1. The van der Waals surface area contributed by atoms with Crippen LogP contribution in [0.3, 0.4) is 0 Å². The SMILES string of the molecule is Cc1ccc(C(C)NC(=O)NC2CCC(C(=O)O)C2)cc1. The molecule has 0 aromatic heterocycles. The van der Waals surface area contributed by atoms with Crippen LogP contribution in [-0.2, 0) is 4.79 Å². The van der Waals surface area contributed by atoms with Gasteiger partial charge in [0.1, 0.15) is 0 Å². The van der Waals surface area contributed by atoms with Gasteiger partial charge in [0.25, 0.3) is 0 Å². The lowest BCUT2D eigenvalue weighted by Crippen LogP contribution is -2.42. The van der Waals surface area contributed by atoms with Crippen LogP contribution in [0.15, 0.2) is 24.3 Å². The molecule has 0 saturated heterocycles. The molecular formula is C16H22N2O3. The number of nitrogens with one attached hydrogen (secondary N) is 2. The van der Waals surface area contributed by atoms with E-state index in [2.05, 4.69) is 10.6 Å².